The fourth-order valence-corrected chi connectivity index (χ4v) is 5.01. The first kappa shape index (κ1) is 26.6. The summed E-state index contributed by atoms with van der Waals surface area (Å²) in [5, 5.41) is 16.3. The number of nitro benzene ring substituents is 1. The first-order chi connectivity index (χ1) is 18.4. The van der Waals surface area contributed by atoms with Crippen LogP contribution in [0.1, 0.15) is 39.2 Å². The number of non-ortho nitro benzene ring substituents is 1. The lowest BCUT2D eigenvalue weighted by Crippen LogP contribution is -2.20. The Bertz CT molecular complexity index is 1440. The predicted octanol–water partition coefficient (Wildman–Crippen LogP) is 7.19. The largest absolute Gasteiger partial charge is 0.324 e. The highest BCUT2D eigenvalue weighted by atomic mass is 32.2. The van der Waals surface area contributed by atoms with E-state index in [9.17, 15) is 19.7 Å². The number of nitrogens with one attached hydrogen (secondary N) is 2. The van der Waals surface area contributed by atoms with E-state index in [1.54, 1.807) is 12.1 Å². The molecule has 1 unspecified atom stereocenters. The molecule has 0 aromatic heterocycles. The maximum absolute atomic E-state index is 13.5. The molecule has 0 heterocycles. The monoisotopic (exact) mass is 525 g/mol. The molecular weight excluding hydrogens is 498 g/mol. The van der Waals surface area contributed by atoms with E-state index >= 15 is 0 Å². The van der Waals surface area contributed by atoms with Crippen LogP contribution < -0.4 is 10.6 Å². The van der Waals surface area contributed by atoms with Gasteiger partial charge in [-0.2, -0.15) is 0 Å². The Balaban J connectivity index is 1.50. The minimum absolute atomic E-state index is 0.0757. The number of amides is 2. The van der Waals surface area contributed by atoms with E-state index < -0.39 is 10.2 Å². The molecule has 2 N–H and O–H groups in total. The van der Waals surface area contributed by atoms with E-state index in [1.165, 1.54) is 36.0 Å². The molecular formula is C30H27N3O4S. The average molecular weight is 526 g/mol. The Morgan fingerprint density at radius 1 is 0.868 bits per heavy atom. The molecule has 38 heavy (non-hydrogen) atoms. The third-order valence-electron chi connectivity index (χ3n) is 6.04. The van der Waals surface area contributed by atoms with Gasteiger partial charge in [-0.3, -0.25) is 19.7 Å². The van der Waals surface area contributed by atoms with Gasteiger partial charge < -0.3 is 10.6 Å². The maximum Gasteiger partial charge on any atom is 0.269 e. The van der Waals surface area contributed by atoms with Crippen LogP contribution in [0.2, 0.25) is 0 Å². The summed E-state index contributed by atoms with van der Waals surface area (Å²) >= 11 is 1.43. The van der Waals surface area contributed by atoms with Gasteiger partial charge in [-0.15, -0.1) is 11.8 Å². The fourth-order valence-electron chi connectivity index (χ4n) is 3.98. The van der Waals surface area contributed by atoms with Crippen molar-refractivity contribution in [2.45, 2.75) is 30.4 Å². The van der Waals surface area contributed by atoms with E-state index in [0.29, 0.717) is 11.3 Å². The second kappa shape index (κ2) is 12.2. The van der Waals surface area contributed by atoms with E-state index in [0.717, 1.165) is 33.7 Å². The second-order valence-electron chi connectivity index (χ2n) is 8.64. The van der Waals surface area contributed by atoms with Gasteiger partial charge in [0, 0.05) is 34.0 Å². The van der Waals surface area contributed by atoms with Crippen LogP contribution in [-0.2, 0) is 11.2 Å². The van der Waals surface area contributed by atoms with Crippen molar-refractivity contribution in [2.75, 3.05) is 10.6 Å². The number of hydrogen-bond acceptors (Lipinski definition) is 5. The van der Waals surface area contributed by atoms with Gasteiger partial charge in [0.15, 0.2) is 0 Å². The molecule has 4 rings (SSSR count). The SMILES string of the molecule is CCc1cccc(C)c1NC(=O)C(Sc1ccc(NC(=O)c2ccc([N+](=O)[O-])cc2)cc1)c1ccccc1. The van der Waals surface area contributed by atoms with E-state index in [-0.39, 0.29) is 17.5 Å². The number of benzene rings is 4. The minimum Gasteiger partial charge on any atom is -0.324 e. The molecule has 0 spiro atoms. The molecule has 0 fully saturated rings. The van der Waals surface area contributed by atoms with Crippen molar-refractivity contribution in [2.24, 2.45) is 0 Å². The van der Waals surface area contributed by atoms with Crippen LogP contribution in [0, 0.1) is 17.0 Å². The van der Waals surface area contributed by atoms with Crippen LogP contribution in [0.15, 0.2) is 102 Å². The van der Waals surface area contributed by atoms with Gasteiger partial charge in [0.05, 0.1) is 4.92 Å². The van der Waals surface area contributed by atoms with Gasteiger partial charge in [0.25, 0.3) is 11.6 Å². The summed E-state index contributed by atoms with van der Waals surface area (Å²) in [6.07, 6.45) is 0.813. The molecule has 0 aliphatic rings. The summed E-state index contributed by atoms with van der Waals surface area (Å²) in [4.78, 5) is 37.3. The van der Waals surface area contributed by atoms with Crippen LogP contribution in [0.4, 0.5) is 17.1 Å². The molecule has 0 radical (unpaired) electrons. The Hall–Kier alpha value is -4.43. The zero-order valence-corrected chi connectivity index (χ0v) is 21.8. The highest BCUT2D eigenvalue weighted by molar-refractivity contribution is 8.00. The summed E-state index contributed by atoms with van der Waals surface area (Å²) in [7, 11) is 0. The number of hydrogen-bond donors (Lipinski definition) is 2. The van der Waals surface area contributed by atoms with Gasteiger partial charge in [-0.1, -0.05) is 55.5 Å². The smallest absolute Gasteiger partial charge is 0.269 e. The highest BCUT2D eigenvalue weighted by Gasteiger charge is 2.23. The van der Waals surface area contributed by atoms with Crippen molar-refractivity contribution >= 4 is 40.6 Å². The van der Waals surface area contributed by atoms with Gasteiger partial charge in [-0.25, -0.2) is 0 Å². The molecule has 1 atom stereocenters. The number of nitrogens with zero attached hydrogens (tertiary/aromatic N) is 1. The van der Waals surface area contributed by atoms with Gasteiger partial charge in [0.1, 0.15) is 5.25 Å². The van der Waals surface area contributed by atoms with Gasteiger partial charge in [0.2, 0.25) is 5.91 Å². The van der Waals surface area contributed by atoms with E-state index in [1.807, 2.05) is 67.6 Å². The summed E-state index contributed by atoms with van der Waals surface area (Å²) < 4.78 is 0. The number of aryl methyl sites for hydroxylation is 2. The normalized spacial score (nSPS) is 11.4. The molecule has 0 saturated heterocycles. The lowest BCUT2D eigenvalue weighted by Gasteiger charge is -2.20. The number of carbonyl (C=O) groups excluding carboxylic acids is 2. The molecule has 0 aliphatic heterocycles. The molecule has 8 heteroatoms. The van der Waals surface area contributed by atoms with Crippen molar-refractivity contribution in [3.63, 3.8) is 0 Å². The molecule has 4 aromatic carbocycles. The van der Waals surface area contributed by atoms with Crippen molar-refractivity contribution in [3.8, 4) is 0 Å². The van der Waals surface area contributed by atoms with E-state index in [4.69, 9.17) is 0 Å². The van der Waals surface area contributed by atoms with Crippen LogP contribution in [0.25, 0.3) is 0 Å². The standard InChI is InChI=1S/C30H27N3O4S/c1-3-21-11-7-8-20(2)27(21)32-30(35)28(22-9-5-4-6-10-22)38-26-18-14-24(15-19-26)31-29(34)23-12-16-25(17-13-23)33(36)37/h4-19,28H,3H2,1-2H3,(H,31,34)(H,32,35). The second-order valence-corrected chi connectivity index (χ2v) is 9.82. The molecule has 0 saturated carbocycles. The van der Waals surface area contributed by atoms with Gasteiger partial charge >= 0.3 is 0 Å². The van der Waals surface area contributed by atoms with Crippen LogP contribution >= 0.6 is 11.8 Å². The molecule has 0 bridgehead atoms. The molecule has 7 nitrogen and oxygen atoms in total. The Kier molecular flexibility index (Phi) is 8.55. The summed E-state index contributed by atoms with van der Waals surface area (Å²) in [5.41, 5.74) is 4.66. The first-order valence-corrected chi connectivity index (χ1v) is 13.0. The van der Waals surface area contributed by atoms with Crippen LogP contribution in [0.3, 0.4) is 0 Å². The Morgan fingerprint density at radius 3 is 2.18 bits per heavy atom. The number of rotatable bonds is 9. The fraction of sp³-hybridized carbons (Fsp3) is 0.133. The number of para-hydroxylation sites is 1. The van der Waals surface area contributed by atoms with E-state index in [2.05, 4.69) is 17.6 Å². The first-order valence-electron chi connectivity index (χ1n) is 12.1. The summed E-state index contributed by atoms with van der Waals surface area (Å²) in [6, 6.07) is 28.3. The maximum atomic E-state index is 13.5. The average Bonchev–Trinajstić information content (AvgIpc) is 2.94. The van der Waals surface area contributed by atoms with Crippen molar-refractivity contribution in [3.05, 3.63) is 129 Å². The molecule has 192 valence electrons. The van der Waals surface area contributed by atoms with Gasteiger partial charge in [-0.05, 0) is 66.4 Å². The lowest BCUT2D eigenvalue weighted by molar-refractivity contribution is -0.384. The number of nitro groups is 1. The topological polar surface area (TPSA) is 101 Å². The Labute approximate surface area is 225 Å². The van der Waals surface area contributed by atoms with Crippen LogP contribution in [0.5, 0.6) is 0 Å². The zero-order valence-electron chi connectivity index (χ0n) is 21.0. The quantitative estimate of drug-likeness (QED) is 0.137. The van der Waals surface area contributed by atoms with Crippen LogP contribution in [-0.4, -0.2) is 16.7 Å². The van der Waals surface area contributed by atoms with Crippen molar-refractivity contribution in [1.29, 1.82) is 0 Å². The summed E-state index contributed by atoms with van der Waals surface area (Å²) in [6.45, 7) is 4.05. The molecule has 4 aromatic rings. The minimum atomic E-state index is -0.509. The molecule has 2 amide bonds. The van der Waals surface area contributed by atoms with Crippen molar-refractivity contribution < 1.29 is 14.5 Å². The highest BCUT2D eigenvalue weighted by Crippen LogP contribution is 2.37. The number of anilines is 2. The third-order valence-corrected chi connectivity index (χ3v) is 7.30. The molecule has 0 aliphatic carbocycles. The predicted molar refractivity (Wildman–Crippen MR) is 152 cm³/mol. The number of thioether (sulfide) groups is 1. The summed E-state index contributed by atoms with van der Waals surface area (Å²) in [5.74, 6) is -0.479. The van der Waals surface area contributed by atoms with Crippen molar-refractivity contribution in [1.82, 2.24) is 0 Å². The lowest BCUT2D eigenvalue weighted by atomic mass is 10.1. The Morgan fingerprint density at radius 2 is 1.55 bits per heavy atom. The third kappa shape index (κ3) is 6.46. The number of carbonyl (C=O) groups is 2. The zero-order chi connectivity index (χ0) is 27.1.